The average Bonchev–Trinajstić information content (AvgIpc) is 2.70. The highest BCUT2D eigenvalue weighted by atomic mass is 16.1. The molecular weight excluding hydrogens is 336 g/mol. The van der Waals surface area contributed by atoms with Crippen molar-refractivity contribution in [2.45, 2.75) is 32.2 Å². The summed E-state index contributed by atoms with van der Waals surface area (Å²) in [7, 11) is 0. The molecule has 5 nitrogen and oxygen atoms in total. The van der Waals surface area contributed by atoms with Gasteiger partial charge >= 0.3 is 0 Å². The molecule has 1 aliphatic heterocycles. The summed E-state index contributed by atoms with van der Waals surface area (Å²) in [5.41, 5.74) is 4.17. The van der Waals surface area contributed by atoms with Crippen LogP contribution in [0.4, 0.5) is 5.69 Å². The Labute approximate surface area is 159 Å². The van der Waals surface area contributed by atoms with Crippen LogP contribution in [0.5, 0.6) is 0 Å². The van der Waals surface area contributed by atoms with E-state index in [0.29, 0.717) is 6.04 Å². The Kier molecular flexibility index (Phi) is 5.21. The van der Waals surface area contributed by atoms with Gasteiger partial charge in [0.25, 0.3) is 5.56 Å². The molecule has 1 unspecified atom stereocenters. The van der Waals surface area contributed by atoms with Gasteiger partial charge in [-0.05, 0) is 55.5 Å². The van der Waals surface area contributed by atoms with Gasteiger partial charge < -0.3 is 15.2 Å². The highest BCUT2D eigenvalue weighted by Crippen LogP contribution is 2.23. The number of fused-ring (bicyclic) bond motifs is 1. The first-order chi connectivity index (χ1) is 13.2. The number of hydrogen-bond donors (Lipinski definition) is 2. The molecule has 0 saturated carbocycles. The van der Waals surface area contributed by atoms with Crippen molar-refractivity contribution in [2.24, 2.45) is 0 Å². The number of anilines is 1. The fourth-order valence-corrected chi connectivity index (χ4v) is 4.01. The average molecular weight is 362 g/mol. The minimum atomic E-state index is 0.0119. The summed E-state index contributed by atoms with van der Waals surface area (Å²) in [6, 6.07) is 12.7. The maximum Gasteiger partial charge on any atom is 0.272 e. The monoisotopic (exact) mass is 362 g/mol. The lowest BCUT2D eigenvalue weighted by atomic mass is 10.0. The first kappa shape index (κ1) is 17.7. The van der Waals surface area contributed by atoms with E-state index in [0.717, 1.165) is 61.1 Å². The lowest BCUT2D eigenvalue weighted by Crippen LogP contribution is -2.52. The maximum absolute atomic E-state index is 12.8. The Morgan fingerprint density at radius 1 is 1.22 bits per heavy atom. The van der Waals surface area contributed by atoms with Gasteiger partial charge in [0.15, 0.2) is 0 Å². The number of aromatic amines is 1. The number of nitrogens with zero attached hydrogens (tertiary/aromatic N) is 2. The first-order valence-corrected chi connectivity index (χ1v) is 9.71. The van der Waals surface area contributed by atoms with Crippen LogP contribution < -0.4 is 15.8 Å². The van der Waals surface area contributed by atoms with E-state index in [4.69, 9.17) is 0 Å². The lowest BCUT2D eigenvalue weighted by Gasteiger charge is -2.37. The molecule has 1 aromatic carbocycles. The van der Waals surface area contributed by atoms with Gasteiger partial charge in [0.05, 0.1) is 5.52 Å². The largest absolute Gasteiger partial charge is 0.362 e. The molecule has 0 bridgehead atoms. The van der Waals surface area contributed by atoms with Gasteiger partial charge in [0.2, 0.25) is 0 Å². The highest BCUT2D eigenvalue weighted by Gasteiger charge is 2.24. The number of pyridine rings is 2. The number of hydrogen-bond acceptors (Lipinski definition) is 4. The highest BCUT2D eigenvalue weighted by molar-refractivity contribution is 5.84. The number of piperazine rings is 1. The minimum Gasteiger partial charge on any atom is -0.362 e. The smallest absolute Gasteiger partial charge is 0.272 e. The number of nitrogens with one attached hydrogen (secondary N) is 2. The second kappa shape index (κ2) is 7.92. The van der Waals surface area contributed by atoms with E-state index in [1.807, 2.05) is 31.5 Å². The summed E-state index contributed by atoms with van der Waals surface area (Å²) < 4.78 is 0. The Bertz CT molecular complexity index is 967. The molecule has 1 aliphatic rings. The molecule has 1 saturated heterocycles. The molecule has 0 radical (unpaired) electrons. The molecule has 0 spiro atoms. The van der Waals surface area contributed by atoms with Crippen molar-refractivity contribution in [3.05, 3.63) is 70.3 Å². The molecule has 3 heterocycles. The number of para-hydroxylation sites is 1. The fraction of sp³-hybridized carbons (Fsp3) is 0.364. The van der Waals surface area contributed by atoms with E-state index in [1.165, 1.54) is 5.56 Å². The van der Waals surface area contributed by atoms with Crippen molar-refractivity contribution in [1.82, 2.24) is 15.3 Å². The van der Waals surface area contributed by atoms with E-state index < -0.39 is 0 Å². The van der Waals surface area contributed by atoms with Crippen molar-refractivity contribution >= 4 is 16.6 Å². The number of aryl methyl sites for hydroxylation is 2. The topological polar surface area (TPSA) is 61.0 Å². The van der Waals surface area contributed by atoms with Crippen LogP contribution in [0, 0.1) is 6.92 Å². The standard InChI is InChI=1S/C22H26N4O/c1-16-4-2-6-18-14-20(22(27)25-21(16)18)26-13-12-24-15-19(26)7-3-5-17-8-10-23-11-9-17/h2,4,6,8-11,14,19,24H,3,5,7,12-13,15H2,1H3,(H,25,27). The van der Waals surface area contributed by atoms with Crippen LogP contribution in [0.2, 0.25) is 0 Å². The van der Waals surface area contributed by atoms with Gasteiger partial charge in [-0.25, -0.2) is 0 Å². The van der Waals surface area contributed by atoms with Crippen LogP contribution >= 0.6 is 0 Å². The number of aromatic nitrogens is 2. The van der Waals surface area contributed by atoms with Gasteiger partial charge in [-0.2, -0.15) is 0 Å². The molecule has 0 aliphatic carbocycles. The maximum atomic E-state index is 12.8. The van der Waals surface area contributed by atoms with Gasteiger partial charge in [0, 0.05) is 43.5 Å². The third-order valence-electron chi connectivity index (χ3n) is 5.48. The van der Waals surface area contributed by atoms with Crippen LogP contribution in [-0.2, 0) is 6.42 Å². The third-order valence-corrected chi connectivity index (χ3v) is 5.48. The summed E-state index contributed by atoms with van der Waals surface area (Å²) in [5.74, 6) is 0. The number of H-pyrrole nitrogens is 1. The number of benzene rings is 1. The quantitative estimate of drug-likeness (QED) is 0.732. The minimum absolute atomic E-state index is 0.0119. The van der Waals surface area contributed by atoms with Crippen molar-refractivity contribution < 1.29 is 0 Å². The Morgan fingerprint density at radius 3 is 2.93 bits per heavy atom. The van der Waals surface area contributed by atoms with E-state index in [1.54, 1.807) is 0 Å². The molecule has 4 rings (SSSR count). The van der Waals surface area contributed by atoms with Crippen LogP contribution in [0.3, 0.4) is 0 Å². The molecule has 27 heavy (non-hydrogen) atoms. The fourth-order valence-electron chi connectivity index (χ4n) is 4.01. The Morgan fingerprint density at radius 2 is 2.07 bits per heavy atom. The zero-order chi connectivity index (χ0) is 18.6. The molecule has 3 aromatic rings. The first-order valence-electron chi connectivity index (χ1n) is 9.71. The lowest BCUT2D eigenvalue weighted by molar-refractivity contribution is 0.444. The zero-order valence-electron chi connectivity index (χ0n) is 15.7. The van der Waals surface area contributed by atoms with E-state index in [-0.39, 0.29) is 5.56 Å². The Hall–Kier alpha value is -2.66. The third kappa shape index (κ3) is 3.88. The van der Waals surface area contributed by atoms with Crippen LogP contribution in [0.15, 0.2) is 53.6 Å². The van der Waals surface area contributed by atoms with E-state index in [9.17, 15) is 4.79 Å². The summed E-state index contributed by atoms with van der Waals surface area (Å²) >= 11 is 0. The molecule has 1 atom stereocenters. The predicted molar refractivity (Wildman–Crippen MR) is 110 cm³/mol. The summed E-state index contributed by atoms with van der Waals surface area (Å²) in [6.07, 6.45) is 6.89. The molecule has 0 amide bonds. The second-order valence-corrected chi connectivity index (χ2v) is 7.32. The van der Waals surface area contributed by atoms with E-state index >= 15 is 0 Å². The normalized spacial score (nSPS) is 17.4. The summed E-state index contributed by atoms with van der Waals surface area (Å²) in [5, 5.41) is 4.58. The van der Waals surface area contributed by atoms with Crippen molar-refractivity contribution in [1.29, 1.82) is 0 Å². The molecular formula is C22H26N4O. The Balaban J connectivity index is 1.54. The summed E-state index contributed by atoms with van der Waals surface area (Å²) in [6.45, 7) is 4.72. The molecule has 1 fully saturated rings. The van der Waals surface area contributed by atoms with Crippen molar-refractivity contribution in [3.8, 4) is 0 Å². The zero-order valence-corrected chi connectivity index (χ0v) is 15.7. The second-order valence-electron chi connectivity index (χ2n) is 7.32. The van der Waals surface area contributed by atoms with Gasteiger partial charge in [-0.3, -0.25) is 9.78 Å². The van der Waals surface area contributed by atoms with Gasteiger partial charge in [-0.1, -0.05) is 18.2 Å². The summed E-state index contributed by atoms with van der Waals surface area (Å²) in [4.78, 5) is 22.3. The van der Waals surface area contributed by atoms with Gasteiger partial charge in [0.1, 0.15) is 5.69 Å². The molecule has 2 N–H and O–H groups in total. The van der Waals surface area contributed by atoms with Crippen molar-refractivity contribution in [2.75, 3.05) is 24.5 Å². The number of rotatable bonds is 5. The SMILES string of the molecule is Cc1cccc2cc(N3CCNCC3CCCc3ccncc3)c(=O)[nH]c12. The van der Waals surface area contributed by atoms with Crippen LogP contribution in [0.1, 0.15) is 24.0 Å². The van der Waals surface area contributed by atoms with E-state index in [2.05, 4.69) is 44.5 Å². The van der Waals surface area contributed by atoms with Crippen LogP contribution in [0.25, 0.3) is 10.9 Å². The van der Waals surface area contributed by atoms with Crippen molar-refractivity contribution in [3.63, 3.8) is 0 Å². The van der Waals surface area contributed by atoms with Crippen LogP contribution in [-0.4, -0.2) is 35.6 Å². The molecule has 2 aromatic heterocycles. The molecule has 140 valence electrons. The molecule has 5 heteroatoms. The van der Waals surface area contributed by atoms with Gasteiger partial charge in [-0.15, -0.1) is 0 Å². The predicted octanol–water partition coefficient (Wildman–Crippen LogP) is 3.03.